The van der Waals surface area contributed by atoms with Gasteiger partial charge in [0.15, 0.2) is 5.96 Å². The molecular weight excluding hydrogens is 368 g/mol. The Kier molecular flexibility index (Phi) is 8.55. The molecule has 1 atom stereocenters. The molecule has 1 unspecified atom stereocenters. The highest BCUT2D eigenvalue weighted by Crippen LogP contribution is 2.20. The second kappa shape index (κ2) is 11.1. The quantitative estimate of drug-likeness (QED) is 0.513. The maximum atomic E-state index is 4.71. The number of aromatic nitrogens is 1. The van der Waals surface area contributed by atoms with Crippen molar-refractivity contribution in [3.8, 4) is 0 Å². The lowest BCUT2D eigenvalue weighted by Gasteiger charge is -2.32. The molecule has 2 fully saturated rings. The van der Waals surface area contributed by atoms with Crippen LogP contribution in [0.1, 0.15) is 50.2 Å². The van der Waals surface area contributed by atoms with Crippen molar-refractivity contribution in [2.75, 3.05) is 46.3 Å². The minimum absolute atomic E-state index is 0.658. The van der Waals surface area contributed by atoms with Gasteiger partial charge in [0.1, 0.15) is 0 Å². The third kappa shape index (κ3) is 6.16. The van der Waals surface area contributed by atoms with Crippen molar-refractivity contribution < 1.29 is 0 Å². The zero-order chi connectivity index (χ0) is 19.8. The highest BCUT2D eigenvalue weighted by Gasteiger charge is 2.23. The van der Waals surface area contributed by atoms with Crippen LogP contribution >= 0.6 is 11.3 Å². The summed E-state index contributed by atoms with van der Waals surface area (Å²) in [5, 5.41) is 10.6. The molecule has 0 amide bonds. The molecule has 2 saturated heterocycles. The number of nitrogens with zero attached hydrogens (tertiary/aromatic N) is 4. The maximum Gasteiger partial charge on any atom is 0.191 e. The Morgan fingerprint density at radius 2 is 1.96 bits per heavy atom. The van der Waals surface area contributed by atoms with Crippen LogP contribution in [-0.2, 0) is 13.0 Å². The molecule has 0 saturated carbocycles. The van der Waals surface area contributed by atoms with Crippen molar-refractivity contribution in [1.82, 2.24) is 25.4 Å². The van der Waals surface area contributed by atoms with Crippen LogP contribution in [0, 0.1) is 5.92 Å². The topological polar surface area (TPSA) is 55.8 Å². The van der Waals surface area contributed by atoms with Crippen LogP contribution in [0.15, 0.2) is 10.4 Å². The summed E-state index contributed by atoms with van der Waals surface area (Å²) >= 11 is 1.80. The van der Waals surface area contributed by atoms with Gasteiger partial charge in [-0.3, -0.25) is 14.8 Å². The summed E-state index contributed by atoms with van der Waals surface area (Å²) < 4.78 is 0. The molecule has 0 radical (unpaired) electrons. The summed E-state index contributed by atoms with van der Waals surface area (Å²) in [7, 11) is 1.88. The van der Waals surface area contributed by atoms with Crippen LogP contribution < -0.4 is 10.6 Å². The average Bonchev–Trinajstić information content (AvgIpc) is 3.38. The van der Waals surface area contributed by atoms with Gasteiger partial charge in [-0.1, -0.05) is 13.8 Å². The number of likely N-dealkylation sites (N-methyl/N-ethyl adjacent to an activating group) is 1. The summed E-state index contributed by atoms with van der Waals surface area (Å²) in [5.41, 5.74) is 1.25. The fraction of sp³-hybridized carbons (Fsp3) is 0.810. The van der Waals surface area contributed by atoms with Crippen molar-refractivity contribution in [2.45, 2.75) is 58.5 Å². The third-order valence-corrected chi connectivity index (χ3v) is 7.23. The zero-order valence-electron chi connectivity index (χ0n) is 17.9. The summed E-state index contributed by atoms with van der Waals surface area (Å²) in [6.07, 6.45) is 6.17. The fourth-order valence-electron chi connectivity index (χ4n) is 4.38. The standard InChI is InChI=1S/C21H38N6S/c1-4-20-25-18(16-28-20)15-26-11-8-17(9-12-26)13-23-21(22-3)24-14-19-7-6-10-27(19)5-2/h16-17,19H,4-15H2,1-3H3,(H2,22,23,24). The largest absolute Gasteiger partial charge is 0.356 e. The number of piperidine rings is 1. The smallest absolute Gasteiger partial charge is 0.191 e. The van der Waals surface area contributed by atoms with Crippen molar-refractivity contribution >= 4 is 17.3 Å². The minimum atomic E-state index is 0.658. The molecule has 3 heterocycles. The molecule has 1 aromatic rings. The molecule has 6 nitrogen and oxygen atoms in total. The number of aryl methyl sites for hydroxylation is 1. The molecule has 2 aliphatic rings. The Balaban J connectivity index is 1.33. The maximum absolute atomic E-state index is 4.71. The number of thiazole rings is 1. The molecule has 2 aliphatic heterocycles. The SMILES string of the molecule is CCc1nc(CN2CCC(CNC(=NC)NCC3CCCN3CC)CC2)cs1. The van der Waals surface area contributed by atoms with E-state index in [0.29, 0.717) is 6.04 Å². The van der Waals surface area contributed by atoms with Gasteiger partial charge >= 0.3 is 0 Å². The minimum Gasteiger partial charge on any atom is -0.356 e. The van der Waals surface area contributed by atoms with Crippen LogP contribution in [0.2, 0.25) is 0 Å². The molecule has 158 valence electrons. The first-order chi connectivity index (χ1) is 13.7. The molecule has 2 N–H and O–H groups in total. The van der Waals surface area contributed by atoms with Crippen molar-refractivity contribution in [2.24, 2.45) is 10.9 Å². The van der Waals surface area contributed by atoms with Crippen LogP contribution in [-0.4, -0.2) is 73.1 Å². The van der Waals surface area contributed by atoms with Crippen LogP contribution in [0.4, 0.5) is 0 Å². The van der Waals surface area contributed by atoms with E-state index in [2.05, 4.69) is 44.7 Å². The summed E-state index contributed by atoms with van der Waals surface area (Å²) in [6, 6.07) is 0.658. The Hall–Kier alpha value is -1.18. The molecule has 28 heavy (non-hydrogen) atoms. The average molecular weight is 407 g/mol. The molecule has 3 rings (SSSR count). The van der Waals surface area contributed by atoms with E-state index in [0.717, 1.165) is 44.5 Å². The van der Waals surface area contributed by atoms with Gasteiger partial charge in [-0.25, -0.2) is 4.98 Å². The first-order valence-electron chi connectivity index (χ1n) is 11.1. The Morgan fingerprint density at radius 1 is 1.18 bits per heavy atom. The van der Waals surface area contributed by atoms with Crippen molar-refractivity contribution in [3.63, 3.8) is 0 Å². The van der Waals surface area contributed by atoms with Gasteiger partial charge in [-0.05, 0) is 64.2 Å². The van der Waals surface area contributed by atoms with E-state index in [1.165, 1.54) is 56.0 Å². The van der Waals surface area contributed by atoms with Gasteiger partial charge in [0, 0.05) is 38.1 Å². The molecule has 0 aliphatic carbocycles. The van der Waals surface area contributed by atoms with E-state index >= 15 is 0 Å². The van der Waals surface area contributed by atoms with Gasteiger partial charge in [0.25, 0.3) is 0 Å². The van der Waals surface area contributed by atoms with Gasteiger partial charge in [-0.2, -0.15) is 0 Å². The zero-order valence-corrected chi connectivity index (χ0v) is 18.7. The Morgan fingerprint density at radius 3 is 2.64 bits per heavy atom. The first kappa shape index (κ1) is 21.5. The Bertz CT molecular complexity index is 608. The van der Waals surface area contributed by atoms with E-state index in [1.807, 2.05) is 7.05 Å². The molecule has 0 bridgehead atoms. The van der Waals surface area contributed by atoms with Gasteiger partial charge in [0.2, 0.25) is 0 Å². The third-order valence-electron chi connectivity index (χ3n) is 6.19. The van der Waals surface area contributed by atoms with Crippen LogP contribution in [0.25, 0.3) is 0 Å². The first-order valence-corrected chi connectivity index (χ1v) is 11.9. The lowest BCUT2D eigenvalue weighted by molar-refractivity contribution is 0.176. The number of hydrogen-bond donors (Lipinski definition) is 2. The van der Waals surface area contributed by atoms with E-state index < -0.39 is 0 Å². The fourth-order valence-corrected chi connectivity index (χ4v) is 5.12. The van der Waals surface area contributed by atoms with Gasteiger partial charge in [-0.15, -0.1) is 11.3 Å². The summed E-state index contributed by atoms with van der Waals surface area (Å²) in [6.45, 7) is 12.2. The van der Waals surface area contributed by atoms with Gasteiger partial charge in [0.05, 0.1) is 10.7 Å². The number of nitrogens with one attached hydrogen (secondary N) is 2. The van der Waals surface area contributed by atoms with Crippen molar-refractivity contribution in [3.05, 3.63) is 16.1 Å². The second-order valence-electron chi connectivity index (χ2n) is 8.06. The summed E-state index contributed by atoms with van der Waals surface area (Å²) in [5.74, 6) is 1.69. The highest BCUT2D eigenvalue weighted by molar-refractivity contribution is 7.09. The number of rotatable bonds is 8. The lowest BCUT2D eigenvalue weighted by atomic mass is 9.97. The van der Waals surface area contributed by atoms with Crippen LogP contribution in [0.5, 0.6) is 0 Å². The summed E-state index contributed by atoms with van der Waals surface area (Å²) in [4.78, 5) is 14.3. The predicted molar refractivity (Wildman–Crippen MR) is 119 cm³/mol. The molecule has 7 heteroatoms. The van der Waals surface area contributed by atoms with E-state index in [4.69, 9.17) is 4.98 Å². The molecule has 0 spiro atoms. The highest BCUT2D eigenvalue weighted by atomic mass is 32.1. The molecule has 1 aromatic heterocycles. The lowest BCUT2D eigenvalue weighted by Crippen LogP contribution is -2.46. The monoisotopic (exact) mass is 406 g/mol. The van der Waals surface area contributed by atoms with Gasteiger partial charge < -0.3 is 10.6 Å². The molecular formula is C21H38N6S. The number of guanidine groups is 1. The molecule has 0 aromatic carbocycles. The Labute approximate surface area is 174 Å². The van der Waals surface area contributed by atoms with Crippen LogP contribution in [0.3, 0.4) is 0 Å². The predicted octanol–water partition coefficient (Wildman–Crippen LogP) is 2.57. The number of likely N-dealkylation sites (tertiary alicyclic amines) is 2. The second-order valence-corrected chi connectivity index (χ2v) is 9.01. The number of aliphatic imine (C=N–C) groups is 1. The van der Waals surface area contributed by atoms with E-state index in [9.17, 15) is 0 Å². The van der Waals surface area contributed by atoms with Crippen molar-refractivity contribution in [1.29, 1.82) is 0 Å². The van der Waals surface area contributed by atoms with E-state index in [-0.39, 0.29) is 0 Å². The van der Waals surface area contributed by atoms with E-state index in [1.54, 1.807) is 11.3 Å². The number of hydrogen-bond acceptors (Lipinski definition) is 5. The normalized spacial score (nSPS) is 22.7.